The van der Waals surface area contributed by atoms with Gasteiger partial charge in [-0.2, -0.15) is 0 Å². The molecule has 0 saturated carbocycles. The van der Waals surface area contributed by atoms with Crippen molar-refractivity contribution in [3.8, 4) is 0 Å². The second-order valence-corrected chi connectivity index (χ2v) is 4.71. The number of rotatable bonds is 4. The third-order valence-corrected chi connectivity index (χ3v) is 1.60. The summed E-state index contributed by atoms with van der Waals surface area (Å²) >= 11 is 0. The van der Waals surface area contributed by atoms with E-state index in [0.29, 0.717) is 18.6 Å². The molecule has 0 unspecified atom stereocenters. The lowest BCUT2D eigenvalue weighted by Gasteiger charge is -2.18. The minimum Gasteiger partial charge on any atom is -0.460 e. The average molecular weight is 244 g/mol. The van der Waals surface area contributed by atoms with Crippen LogP contribution in [0.25, 0.3) is 0 Å². The van der Waals surface area contributed by atoms with E-state index < -0.39 is 11.6 Å². The molecule has 0 aliphatic rings. The van der Waals surface area contributed by atoms with E-state index in [1.54, 1.807) is 20.8 Å². The Morgan fingerprint density at radius 2 is 1.41 bits per heavy atom. The van der Waals surface area contributed by atoms with E-state index in [-0.39, 0.29) is 12.2 Å². The van der Waals surface area contributed by atoms with Crippen molar-refractivity contribution in [2.75, 3.05) is 0 Å². The lowest BCUT2D eigenvalue weighted by Crippen LogP contribution is -2.24. The van der Waals surface area contributed by atoms with E-state index in [4.69, 9.17) is 4.74 Å². The van der Waals surface area contributed by atoms with E-state index >= 15 is 0 Å². The highest BCUT2D eigenvalue weighted by Gasteiger charge is 2.16. The van der Waals surface area contributed by atoms with Crippen LogP contribution >= 0.6 is 0 Å². The van der Waals surface area contributed by atoms with Crippen LogP contribution < -0.4 is 0 Å². The molecule has 100 valence electrons. The van der Waals surface area contributed by atoms with Crippen LogP contribution in [0.2, 0.25) is 0 Å². The smallest absolute Gasteiger partial charge is 0.313 e. The molecule has 4 nitrogen and oxygen atoms in total. The lowest BCUT2D eigenvalue weighted by atomic mass is 10.2. The SMILES string of the molecule is CC(=O)CC(=O)OC(C)(C)C.CCC(=O)CC. The van der Waals surface area contributed by atoms with Gasteiger partial charge in [0.1, 0.15) is 23.6 Å². The van der Waals surface area contributed by atoms with E-state index in [0.717, 1.165) is 0 Å². The van der Waals surface area contributed by atoms with Crippen molar-refractivity contribution >= 4 is 17.5 Å². The summed E-state index contributed by atoms with van der Waals surface area (Å²) in [6.07, 6.45) is 1.25. The molecular weight excluding hydrogens is 220 g/mol. The number of ketones is 2. The third-order valence-electron chi connectivity index (χ3n) is 1.60. The van der Waals surface area contributed by atoms with Crippen molar-refractivity contribution in [1.82, 2.24) is 0 Å². The zero-order valence-corrected chi connectivity index (χ0v) is 11.8. The first-order valence-electron chi connectivity index (χ1n) is 5.85. The minimum atomic E-state index is -0.494. The first kappa shape index (κ1) is 18.2. The fourth-order valence-electron chi connectivity index (χ4n) is 0.831. The highest BCUT2D eigenvalue weighted by molar-refractivity contribution is 5.94. The van der Waals surface area contributed by atoms with Gasteiger partial charge in [-0.3, -0.25) is 14.4 Å². The van der Waals surface area contributed by atoms with Gasteiger partial charge in [0, 0.05) is 12.8 Å². The number of Topliss-reactive ketones (excluding diaryl/α,β-unsaturated/α-hetero) is 2. The van der Waals surface area contributed by atoms with Crippen LogP contribution in [0.15, 0.2) is 0 Å². The summed E-state index contributed by atoms with van der Waals surface area (Å²) < 4.78 is 4.89. The molecule has 0 spiro atoms. The number of hydrogen-bond acceptors (Lipinski definition) is 4. The molecule has 0 radical (unpaired) electrons. The monoisotopic (exact) mass is 244 g/mol. The molecule has 0 rings (SSSR count). The fourth-order valence-corrected chi connectivity index (χ4v) is 0.831. The molecule has 0 atom stereocenters. The predicted octanol–water partition coefficient (Wildman–Crippen LogP) is 2.68. The Hall–Kier alpha value is -1.19. The summed E-state index contributed by atoms with van der Waals surface area (Å²) in [6, 6.07) is 0. The molecular formula is C13H24O4. The first-order valence-corrected chi connectivity index (χ1v) is 5.85. The summed E-state index contributed by atoms with van der Waals surface area (Å²) in [5.74, 6) is -0.278. The van der Waals surface area contributed by atoms with Crippen molar-refractivity contribution in [1.29, 1.82) is 0 Å². The molecule has 4 heteroatoms. The highest BCUT2D eigenvalue weighted by atomic mass is 16.6. The Balaban J connectivity index is 0. The number of ether oxygens (including phenoxy) is 1. The zero-order chi connectivity index (χ0) is 14.1. The summed E-state index contributed by atoms with van der Waals surface area (Å²) in [5, 5.41) is 0. The lowest BCUT2D eigenvalue weighted by molar-refractivity contribution is -0.155. The van der Waals surface area contributed by atoms with Crippen LogP contribution in [0.4, 0.5) is 0 Å². The molecule has 0 heterocycles. The van der Waals surface area contributed by atoms with Crippen LogP contribution in [-0.4, -0.2) is 23.1 Å². The van der Waals surface area contributed by atoms with Gasteiger partial charge in [0.05, 0.1) is 0 Å². The molecule has 0 amide bonds. The van der Waals surface area contributed by atoms with Gasteiger partial charge in [-0.05, 0) is 27.7 Å². The van der Waals surface area contributed by atoms with E-state index in [1.807, 2.05) is 13.8 Å². The second-order valence-electron chi connectivity index (χ2n) is 4.71. The summed E-state index contributed by atoms with van der Waals surface area (Å²) in [6.45, 7) is 10.4. The third kappa shape index (κ3) is 17.4. The Morgan fingerprint density at radius 3 is 1.59 bits per heavy atom. The quantitative estimate of drug-likeness (QED) is 0.563. The highest BCUT2D eigenvalue weighted by Crippen LogP contribution is 2.07. The Morgan fingerprint density at radius 1 is 1.00 bits per heavy atom. The molecule has 0 saturated heterocycles. The Kier molecular flexibility index (Phi) is 9.52. The summed E-state index contributed by atoms with van der Waals surface area (Å²) in [7, 11) is 0. The van der Waals surface area contributed by atoms with Gasteiger partial charge < -0.3 is 4.74 Å². The Bertz CT molecular complexity index is 255. The largest absolute Gasteiger partial charge is 0.460 e. The molecule has 0 aromatic heterocycles. The number of carbonyl (C=O) groups excluding carboxylic acids is 3. The van der Waals surface area contributed by atoms with Gasteiger partial charge in [-0.1, -0.05) is 13.8 Å². The average Bonchev–Trinajstić information content (AvgIpc) is 2.13. The zero-order valence-electron chi connectivity index (χ0n) is 11.8. The fraction of sp³-hybridized carbons (Fsp3) is 0.769. The second kappa shape index (κ2) is 8.90. The Labute approximate surface area is 104 Å². The molecule has 0 aromatic rings. The van der Waals surface area contributed by atoms with Crippen molar-refractivity contribution in [3.05, 3.63) is 0 Å². The molecule has 0 aliphatic carbocycles. The van der Waals surface area contributed by atoms with E-state index in [1.165, 1.54) is 6.92 Å². The van der Waals surface area contributed by atoms with Crippen LogP contribution in [-0.2, 0) is 19.1 Å². The molecule has 0 bridgehead atoms. The van der Waals surface area contributed by atoms with Gasteiger partial charge in [-0.25, -0.2) is 0 Å². The first-order chi connectivity index (χ1) is 7.62. The predicted molar refractivity (Wildman–Crippen MR) is 66.7 cm³/mol. The van der Waals surface area contributed by atoms with Gasteiger partial charge in [0.2, 0.25) is 0 Å². The number of esters is 1. The summed E-state index contributed by atoms with van der Waals surface area (Å²) in [4.78, 5) is 31.4. The van der Waals surface area contributed by atoms with Crippen LogP contribution in [0, 0.1) is 0 Å². The molecule has 17 heavy (non-hydrogen) atoms. The standard InChI is InChI=1S/C8H14O3.C5H10O/c1-6(9)5-7(10)11-8(2,3)4;1-3-5(6)4-2/h5H2,1-4H3;3-4H2,1-2H3. The van der Waals surface area contributed by atoms with E-state index in [2.05, 4.69) is 0 Å². The van der Waals surface area contributed by atoms with Crippen LogP contribution in [0.1, 0.15) is 60.8 Å². The van der Waals surface area contributed by atoms with Gasteiger partial charge in [0.15, 0.2) is 0 Å². The number of carbonyl (C=O) groups is 3. The van der Waals surface area contributed by atoms with Crippen molar-refractivity contribution < 1.29 is 19.1 Å². The van der Waals surface area contributed by atoms with Crippen molar-refractivity contribution in [2.24, 2.45) is 0 Å². The van der Waals surface area contributed by atoms with Gasteiger partial charge in [0.25, 0.3) is 0 Å². The van der Waals surface area contributed by atoms with Gasteiger partial charge >= 0.3 is 5.97 Å². The molecule has 0 aromatic carbocycles. The van der Waals surface area contributed by atoms with E-state index in [9.17, 15) is 14.4 Å². The topological polar surface area (TPSA) is 60.4 Å². The molecule has 0 N–H and O–H groups in total. The summed E-state index contributed by atoms with van der Waals surface area (Å²) in [5.41, 5.74) is -0.494. The van der Waals surface area contributed by atoms with Crippen LogP contribution in [0.5, 0.6) is 0 Å². The number of hydrogen-bond donors (Lipinski definition) is 0. The maximum atomic E-state index is 10.8. The van der Waals surface area contributed by atoms with Crippen molar-refractivity contribution in [3.63, 3.8) is 0 Å². The molecule has 0 fully saturated rings. The normalized spacial score (nSPS) is 10.0. The van der Waals surface area contributed by atoms with Crippen LogP contribution in [0.3, 0.4) is 0 Å². The minimum absolute atomic E-state index is 0.128. The maximum absolute atomic E-state index is 10.8. The van der Waals surface area contributed by atoms with Crippen molar-refractivity contribution in [2.45, 2.75) is 66.4 Å². The molecule has 0 aliphatic heterocycles. The van der Waals surface area contributed by atoms with Gasteiger partial charge in [-0.15, -0.1) is 0 Å². The maximum Gasteiger partial charge on any atom is 0.313 e.